The predicted octanol–water partition coefficient (Wildman–Crippen LogP) is 3.44. The van der Waals surface area contributed by atoms with Crippen molar-refractivity contribution in [3.63, 3.8) is 0 Å². The van der Waals surface area contributed by atoms with Gasteiger partial charge in [0.2, 0.25) is 0 Å². The summed E-state index contributed by atoms with van der Waals surface area (Å²) in [5.41, 5.74) is 6.76. The van der Waals surface area contributed by atoms with Gasteiger partial charge in [0, 0.05) is 12.1 Å². The minimum atomic E-state index is -0.981. The third kappa shape index (κ3) is 4.00. The number of hydrogen-bond donors (Lipinski definition) is 2. The zero-order valence-electron chi connectivity index (χ0n) is 14.8. The summed E-state index contributed by atoms with van der Waals surface area (Å²) in [5.74, 6) is 0.874. The van der Waals surface area contributed by atoms with E-state index in [1.165, 1.54) is 12.1 Å². The van der Waals surface area contributed by atoms with Gasteiger partial charge >= 0.3 is 0 Å². The fourth-order valence-electron chi connectivity index (χ4n) is 2.54. The average Bonchev–Trinajstić information content (AvgIpc) is 2.91. The van der Waals surface area contributed by atoms with E-state index in [-0.39, 0.29) is 24.0 Å². The highest BCUT2D eigenvalue weighted by atomic mass is 35.5. The Hall–Kier alpha value is -2.51. The molecular weight excluding hydrogens is 357 g/mol. The summed E-state index contributed by atoms with van der Waals surface area (Å²) in [6.45, 7) is 5.86. The zero-order chi connectivity index (χ0) is 18.2. The van der Waals surface area contributed by atoms with Crippen LogP contribution in [0.4, 0.5) is 10.2 Å². The summed E-state index contributed by atoms with van der Waals surface area (Å²) in [5, 5.41) is 9.81. The number of aromatic nitrogens is 4. The Morgan fingerprint density at radius 3 is 2.62 bits per heavy atom. The predicted molar refractivity (Wildman–Crippen MR) is 103 cm³/mol. The number of halogens is 2. The molecule has 26 heavy (non-hydrogen) atoms. The summed E-state index contributed by atoms with van der Waals surface area (Å²) in [6.07, 6.45) is 3.21. The molecule has 0 unspecified atom stereocenters. The molecule has 2 heterocycles. The minimum absolute atomic E-state index is 0. The van der Waals surface area contributed by atoms with Crippen LogP contribution in [0.5, 0.6) is 0 Å². The normalized spacial score (nSPS) is 11.9. The van der Waals surface area contributed by atoms with Gasteiger partial charge in [-0.25, -0.2) is 19.3 Å². The SMILES string of the molecule is CCn1c(-c2cccc(F)c2)nc2c(N)nc(/C=C/C(C)(C)O)nc21.Cl. The number of anilines is 1. The lowest BCUT2D eigenvalue weighted by Crippen LogP contribution is -2.13. The number of benzene rings is 1. The lowest BCUT2D eigenvalue weighted by molar-refractivity contribution is 0.134. The summed E-state index contributed by atoms with van der Waals surface area (Å²) >= 11 is 0. The van der Waals surface area contributed by atoms with Gasteiger partial charge in [-0.1, -0.05) is 12.1 Å². The van der Waals surface area contributed by atoms with Crippen LogP contribution in [0, 0.1) is 5.82 Å². The van der Waals surface area contributed by atoms with E-state index in [1.54, 1.807) is 38.1 Å². The first kappa shape index (κ1) is 19.8. The molecule has 3 aromatic rings. The number of fused-ring (bicyclic) bond motifs is 1. The van der Waals surface area contributed by atoms with E-state index in [9.17, 15) is 9.50 Å². The molecule has 6 nitrogen and oxygen atoms in total. The van der Waals surface area contributed by atoms with Gasteiger partial charge < -0.3 is 15.4 Å². The Morgan fingerprint density at radius 2 is 2.00 bits per heavy atom. The molecule has 0 radical (unpaired) electrons. The maximum absolute atomic E-state index is 13.6. The standard InChI is InChI=1S/C18H20FN5O.ClH/c1-4-24-16(11-6-5-7-12(19)10-11)23-14-15(20)21-13(22-17(14)24)8-9-18(2,3)25;/h5-10,25H,4H2,1-3H3,(H2,20,21,22);1H/b9-8+;. The zero-order valence-corrected chi connectivity index (χ0v) is 15.6. The average molecular weight is 378 g/mol. The monoisotopic (exact) mass is 377 g/mol. The van der Waals surface area contributed by atoms with Gasteiger partial charge in [0.1, 0.15) is 11.6 Å². The molecule has 3 N–H and O–H groups in total. The van der Waals surface area contributed by atoms with Gasteiger partial charge in [0.05, 0.1) is 5.60 Å². The van der Waals surface area contributed by atoms with Crippen molar-refractivity contribution in [3.8, 4) is 11.4 Å². The molecule has 2 aromatic heterocycles. The fourth-order valence-corrected chi connectivity index (χ4v) is 2.54. The Balaban J connectivity index is 0.00000243. The van der Waals surface area contributed by atoms with Crippen molar-refractivity contribution >= 4 is 35.5 Å². The topological polar surface area (TPSA) is 89.9 Å². The first-order valence-corrected chi connectivity index (χ1v) is 8.00. The van der Waals surface area contributed by atoms with Crippen LogP contribution in [0.15, 0.2) is 30.3 Å². The van der Waals surface area contributed by atoms with Crippen molar-refractivity contribution in [3.05, 3.63) is 42.0 Å². The number of imidazole rings is 1. The van der Waals surface area contributed by atoms with Gasteiger partial charge in [-0.05, 0) is 45.1 Å². The molecule has 0 aliphatic carbocycles. The molecule has 1 aromatic carbocycles. The molecule has 8 heteroatoms. The van der Waals surface area contributed by atoms with Crippen LogP contribution in [0.3, 0.4) is 0 Å². The Bertz CT molecular complexity index is 962. The highest BCUT2D eigenvalue weighted by Gasteiger charge is 2.17. The Labute approximate surface area is 157 Å². The molecule has 0 bridgehead atoms. The maximum atomic E-state index is 13.6. The molecule has 0 saturated carbocycles. The molecular formula is C18H21ClFN5O. The number of aliphatic hydroxyl groups is 1. The molecule has 0 aliphatic rings. The van der Waals surface area contributed by atoms with E-state index >= 15 is 0 Å². The van der Waals surface area contributed by atoms with Crippen LogP contribution in [0.25, 0.3) is 28.6 Å². The van der Waals surface area contributed by atoms with Gasteiger partial charge in [0.25, 0.3) is 0 Å². The summed E-state index contributed by atoms with van der Waals surface area (Å²) in [6, 6.07) is 6.23. The number of nitrogens with two attached hydrogens (primary N) is 1. The van der Waals surface area contributed by atoms with Crippen molar-refractivity contribution in [2.75, 3.05) is 5.73 Å². The van der Waals surface area contributed by atoms with Crippen molar-refractivity contribution < 1.29 is 9.50 Å². The van der Waals surface area contributed by atoms with E-state index in [4.69, 9.17) is 5.73 Å². The quantitative estimate of drug-likeness (QED) is 0.726. The van der Waals surface area contributed by atoms with Crippen molar-refractivity contribution in [2.24, 2.45) is 0 Å². The molecule has 3 rings (SSSR count). The lowest BCUT2D eigenvalue weighted by atomic mass is 10.1. The van der Waals surface area contributed by atoms with Crippen molar-refractivity contribution in [1.29, 1.82) is 0 Å². The lowest BCUT2D eigenvalue weighted by Gasteiger charge is -2.10. The van der Waals surface area contributed by atoms with E-state index in [2.05, 4.69) is 15.0 Å². The highest BCUT2D eigenvalue weighted by molar-refractivity contribution is 5.86. The van der Waals surface area contributed by atoms with E-state index in [1.807, 2.05) is 11.5 Å². The molecule has 0 aliphatic heterocycles. The van der Waals surface area contributed by atoms with E-state index in [0.717, 1.165) is 0 Å². The van der Waals surface area contributed by atoms with Crippen LogP contribution in [0.2, 0.25) is 0 Å². The van der Waals surface area contributed by atoms with Crippen LogP contribution >= 0.6 is 12.4 Å². The Kier molecular flexibility index (Phi) is 5.63. The number of hydrogen-bond acceptors (Lipinski definition) is 5. The van der Waals surface area contributed by atoms with E-state index < -0.39 is 5.60 Å². The van der Waals surface area contributed by atoms with Crippen LogP contribution in [-0.2, 0) is 6.54 Å². The van der Waals surface area contributed by atoms with Crippen LogP contribution in [0.1, 0.15) is 26.6 Å². The minimum Gasteiger partial charge on any atom is -0.386 e. The summed E-state index contributed by atoms with van der Waals surface area (Å²) in [4.78, 5) is 13.2. The first-order valence-electron chi connectivity index (χ1n) is 8.00. The second kappa shape index (κ2) is 7.39. The molecule has 0 fully saturated rings. The molecule has 0 spiro atoms. The summed E-state index contributed by atoms with van der Waals surface area (Å²) < 4.78 is 15.4. The Morgan fingerprint density at radius 1 is 1.27 bits per heavy atom. The number of rotatable bonds is 4. The second-order valence-corrected chi connectivity index (χ2v) is 6.32. The molecule has 0 atom stereocenters. The number of nitrogens with zero attached hydrogens (tertiary/aromatic N) is 4. The second-order valence-electron chi connectivity index (χ2n) is 6.32. The molecule has 138 valence electrons. The number of aryl methyl sites for hydroxylation is 1. The maximum Gasteiger partial charge on any atom is 0.166 e. The van der Waals surface area contributed by atoms with Gasteiger partial charge in [0.15, 0.2) is 22.8 Å². The summed E-state index contributed by atoms with van der Waals surface area (Å²) in [7, 11) is 0. The largest absolute Gasteiger partial charge is 0.386 e. The van der Waals surface area contributed by atoms with Crippen LogP contribution < -0.4 is 5.73 Å². The smallest absolute Gasteiger partial charge is 0.166 e. The third-order valence-electron chi connectivity index (χ3n) is 3.68. The van der Waals surface area contributed by atoms with Gasteiger partial charge in [-0.2, -0.15) is 0 Å². The van der Waals surface area contributed by atoms with Crippen LogP contribution in [-0.4, -0.2) is 30.2 Å². The van der Waals surface area contributed by atoms with Gasteiger partial charge in [-0.15, -0.1) is 12.4 Å². The van der Waals surface area contributed by atoms with Gasteiger partial charge in [-0.3, -0.25) is 0 Å². The third-order valence-corrected chi connectivity index (χ3v) is 3.68. The molecule has 0 amide bonds. The van der Waals surface area contributed by atoms with E-state index in [0.29, 0.717) is 34.9 Å². The van der Waals surface area contributed by atoms with Crippen molar-refractivity contribution in [2.45, 2.75) is 32.9 Å². The highest BCUT2D eigenvalue weighted by Crippen LogP contribution is 2.27. The fraction of sp³-hybridized carbons (Fsp3) is 0.278. The van der Waals surface area contributed by atoms with Crippen molar-refractivity contribution in [1.82, 2.24) is 19.5 Å². The first-order chi connectivity index (χ1) is 11.8. The molecule has 0 saturated heterocycles. The number of nitrogen functional groups attached to an aromatic ring is 1.